The maximum Gasteiger partial charge on any atom is 0.320 e. The van der Waals surface area contributed by atoms with Crippen LogP contribution < -0.4 is 0 Å². The minimum Gasteiger partial charge on any atom is -0.480 e. The van der Waals surface area contributed by atoms with Crippen LogP contribution in [0.1, 0.15) is 18.4 Å². The van der Waals surface area contributed by atoms with Gasteiger partial charge in [-0.15, -0.1) is 12.4 Å². The second-order valence-corrected chi connectivity index (χ2v) is 5.82. The lowest BCUT2D eigenvalue weighted by Crippen LogP contribution is -2.43. The van der Waals surface area contributed by atoms with E-state index >= 15 is 0 Å². The molecule has 1 atom stereocenters. The zero-order valence-corrected chi connectivity index (χ0v) is 14.2. The number of nitrogens with zero attached hydrogens (tertiary/aromatic N) is 2. The molecule has 1 aliphatic rings. The van der Waals surface area contributed by atoms with Crippen LogP contribution in [-0.2, 0) is 16.1 Å². The molecular formula is C15H19Cl2FN2O3. The van der Waals surface area contributed by atoms with Crippen molar-refractivity contribution in [2.45, 2.75) is 25.4 Å². The van der Waals surface area contributed by atoms with Crippen LogP contribution >= 0.6 is 24.0 Å². The summed E-state index contributed by atoms with van der Waals surface area (Å²) in [5.74, 6) is -1.63. The summed E-state index contributed by atoms with van der Waals surface area (Å²) in [5.41, 5.74) is 0.260. The van der Waals surface area contributed by atoms with Crippen molar-refractivity contribution in [1.29, 1.82) is 0 Å². The maximum atomic E-state index is 13.7. The number of amides is 1. The second-order valence-electron chi connectivity index (χ2n) is 5.42. The van der Waals surface area contributed by atoms with Crippen molar-refractivity contribution >= 4 is 35.9 Å². The summed E-state index contributed by atoms with van der Waals surface area (Å²) in [6.45, 7) is 0.645. The Morgan fingerprint density at radius 3 is 2.78 bits per heavy atom. The predicted octanol–water partition coefficient (Wildman–Crippen LogP) is 2.41. The van der Waals surface area contributed by atoms with Crippen molar-refractivity contribution in [3.8, 4) is 0 Å². The van der Waals surface area contributed by atoms with Crippen LogP contribution in [-0.4, -0.2) is 53.0 Å². The van der Waals surface area contributed by atoms with Gasteiger partial charge in [0.15, 0.2) is 0 Å². The number of carbonyl (C=O) groups is 2. The minimum atomic E-state index is -0.912. The molecule has 1 aliphatic heterocycles. The molecule has 1 N–H and O–H groups in total. The maximum absolute atomic E-state index is 13.7. The highest BCUT2D eigenvalue weighted by Gasteiger charge is 2.32. The van der Waals surface area contributed by atoms with Crippen LogP contribution in [0, 0.1) is 5.82 Å². The smallest absolute Gasteiger partial charge is 0.320 e. The highest BCUT2D eigenvalue weighted by molar-refractivity contribution is 6.31. The Morgan fingerprint density at radius 1 is 1.48 bits per heavy atom. The first-order chi connectivity index (χ1) is 10.4. The highest BCUT2D eigenvalue weighted by Crippen LogP contribution is 2.21. The number of benzene rings is 1. The van der Waals surface area contributed by atoms with E-state index in [-0.39, 0.29) is 42.0 Å². The summed E-state index contributed by atoms with van der Waals surface area (Å²) < 4.78 is 13.7. The summed E-state index contributed by atoms with van der Waals surface area (Å²) in [6.07, 6.45) is 1.30. The van der Waals surface area contributed by atoms with Gasteiger partial charge in [0, 0.05) is 24.2 Å². The van der Waals surface area contributed by atoms with Crippen LogP contribution in [0.25, 0.3) is 0 Å². The van der Waals surface area contributed by atoms with Crippen LogP contribution in [0.5, 0.6) is 0 Å². The Labute approximate surface area is 145 Å². The molecule has 0 spiro atoms. The lowest BCUT2D eigenvalue weighted by molar-refractivity contribution is -0.143. The Kier molecular flexibility index (Phi) is 7.25. The monoisotopic (exact) mass is 364 g/mol. The van der Waals surface area contributed by atoms with E-state index in [4.69, 9.17) is 16.7 Å². The Hall–Kier alpha value is -1.37. The Bertz CT molecular complexity index is 566. The molecule has 23 heavy (non-hydrogen) atoms. The molecule has 0 radical (unpaired) electrons. The highest BCUT2D eigenvalue weighted by atomic mass is 35.5. The lowest BCUT2D eigenvalue weighted by Gasteiger charge is -2.24. The first-order valence-corrected chi connectivity index (χ1v) is 7.41. The molecule has 0 unspecified atom stereocenters. The third-order valence-corrected chi connectivity index (χ3v) is 4.22. The normalized spacial score (nSPS) is 17.6. The molecule has 0 saturated carbocycles. The molecule has 1 heterocycles. The molecular weight excluding hydrogens is 346 g/mol. The number of hydrogen-bond donors (Lipinski definition) is 1. The molecule has 1 aromatic rings. The van der Waals surface area contributed by atoms with Crippen molar-refractivity contribution < 1.29 is 19.1 Å². The van der Waals surface area contributed by atoms with Gasteiger partial charge in [0.25, 0.3) is 0 Å². The molecule has 0 aromatic heterocycles. The third kappa shape index (κ3) is 4.80. The van der Waals surface area contributed by atoms with Gasteiger partial charge in [-0.1, -0.05) is 17.7 Å². The zero-order chi connectivity index (χ0) is 16.3. The van der Waals surface area contributed by atoms with Gasteiger partial charge in [0.05, 0.1) is 6.54 Å². The number of carboxylic acid groups (broad SMARTS) is 1. The van der Waals surface area contributed by atoms with Gasteiger partial charge in [0.1, 0.15) is 11.9 Å². The average molecular weight is 365 g/mol. The number of aliphatic carboxylic acids is 1. The van der Waals surface area contributed by atoms with E-state index in [2.05, 4.69) is 0 Å². The summed E-state index contributed by atoms with van der Waals surface area (Å²) in [5, 5.41) is 9.38. The fourth-order valence-electron chi connectivity index (χ4n) is 2.60. The number of likely N-dealkylation sites (tertiary alicyclic amines) is 1. The fourth-order valence-corrected chi connectivity index (χ4v) is 2.82. The molecule has 0 bridgehead atoms. The number of carboxylic acids is 1. The van der Waals surface area contributed by atoms with E-state index in [0.29, 0.717) is 13.0 Å². The second kappa shape index (κ2) is 8.47. The largest absolute Gasteiger partial charge is 0.480 e. The Morgan fingerprint density at radius 2 is 2.17 bits per heavy atom. The number of likely N-dealkylation sites (N-methyl/N-ethyl adjacent to an activating group) is 1. The predicted molar refractivity (Wildman–Crippen MR) is 87.4 cm³/mol. The van der Waals surface area contributed by atoms with Crippen molar-refractivity contribution in [2.24, 2.45) is 0 Å². The minimum absolute atomic E-state index is 0. The molecule has 2 rings (SSSR count). The fraction of sp³-hybridized carbons (Fsp3) is 0.467. The van der Waals surface area contributed by atoms with Gasteiger partial charge in [-0.2, -0.15) is 0 Å². The van der Waals surface area contributed by atoms with E-state index in [9.17, 15) is 14.0 Å². The summed E-state index contributed by atoms with van der Waals surface area (Å²) in [7, 11) is 1.55. The van der Waals surface area contributed by atoms with Crippen LogP contribution in [0.2, 0.25) is 5.02 Å². The van der Waals surface area contributed by atoms with Gasteiger partial charge in [-0.3, -0.25) is 14.5 Å². The van der Waals surface area contributed by atoms with Crippen molar-refractivity contribution in [3.05, 3.63) is 34.6 Å². The molecule has 1 aromatic carbocycles. The third-order valence-electron chi connectivity index (χ3n) is 3.87. The van der Waals surface area contributed by atoms with Gasteiger partial charge in [-0.25, -0.2) is 4.39 Å². The lowest BCUT2D eigenvalue weighted by atomic mass is 10.2. The molecule has 128 valence electrons. The number of halogens is 3. The van der Waals surface area contributed by atoms with Gasteiger partial charge < -0.3 is 10.0 Å². The number of hydrogen-bond acceptors (Lipinski definition) is 3. The van der Waals surface area contributed by atoms with Crippen molar-refractivity contribution in [2.75, 3.05) is 20.1 Å². The van der Waals surface area contributed by atoms with E-state index in [1.165, 1.54) is 17.0 Å². The van der Waals surface area contributed by atoms with Crippen molar-refractivity contribution in [1.82, 2.24) is 9.80 Å². The number of carbonyl (C=O) groups excluding carboxylic acids is 1. The van der Waals surface area contributed by atoms with Crippen LogP contribution in [0.15, 0.2) is 18.2 Å². The average Bonchev–Trinajstić information content (AvgIpc) is 2.91. The number of rotatable bonds is 5. The van der Waals surface area contributed by atoms with Gasteiger partial charge >= 0.3 is 5.97 Å². The molecule has 1 amide bonds. The zero-order valence-electron chi connectivity index (χ0n) is 12.7. The molecule has 0 aliphatic carbocycles. The van der Waals surface area contributed by atoms with Crippen molar-refractivity contribution in [3.63, 3.8) is 0 Å². The summed E-state index contributed by atoms with van der Waals surface area (Å²) in [6, 6.07) is 3.75. The molecule has 5 nitrogen and oxygen atoms in total. The molecule has 1 fully saturated rings. The van der Waals surface area contributed by atoms with Gasteiger partial charge in [0.2, 0.25) is 5.91 Å². The van der Waals surface area contributed by atoms with E-state index < -0.39 is 17.8 Å². The summed E-state index contributed by atoms with van der Waals surface area (Å²) in [4.78, 5) is 26.3. The summed E-state index contributed by atoms with van der Waals surface area (Å²) >= 11 is 5.95. The first kappa shape index (κ1) is 19.7. The van der Waals surface area contributed by atoms with Crippen LogP contribution in [0.4, 0.5) is 4.39 Å². The van der Waals surface area contributed by atoms with Gasteiger partial charge in [-0.05, 0) is 31.5 Å². The van der Waals surface area contributed by atoms with E-state index in [1.54, 1.807) is 18.0 Å². The molecule has 1 saturated heterocycles. The molecule has 8 heteroatoms. The quantitative estimate of drug-likeness (QED) is 0.871. The topological polar surface area (TPSA) is 60.9 Å². The van der Waals surface area contributed by atoms with Crippen LogP contribution in [0.3, 0.4) is 0 Å². The van der Waals surface area contributed by atoms with E-state index in [0.717, 1.165) is 6.42 Å². The standard InChI is InChI=1S/C15H18ClFN2O3.ClH/c1-18(8-10-11(16)4-2-5-12(10)17)14(20)9-19-7-3-6-13(19)15(21)22;/h2,4-5,13H,3,6-9H2,1H3,(H,21,22);1H/t13-;/m1./s1. The first-order valence-electron chi connectivity index (χ1n) is 7.04. The van der Waals surface area contributed by atoms with E-state index in [1.807, 2.05) is 0 Å². The Balaban J connectivity index is 0.00000264. The SMILES string of the molecule is CN(Cc1c(F)cccc1Cl)C(=O)CN1CCC[C@@H]1C(=O)O.Cl.